The first-order chi connectivity index (χ1) is 10.8. The average molecular weight is 327 g/mol. The average Bonchev–Trinajstić information content (AvgIpc) is 2.48. The van der Waals surface area contributed by atoms with E-state index in [2.05, 4.69) is 10.6 Å². The molecule has 23 heavy (non-hydrogen) atoms. The van der Waals surface area contributed by atoms with Crippen molar-refractivity contribution in [3.63, 3.8) is 0 Å². The fourth-order valence-electron chi connectivity index (χ4n) is 2.57. The van der Waals surface area contributed by atoms with Crippen molar-refractivity contribution in [2.75, 3.05) is 5.32 Å². The molecule has 2 rings (SSSR count). The minimum Gasteiger partial charge on any atom is -0.391 e. The lowest BCUT2D eigenvalue weighted by Gasteiger charge is -2.28. The van der Waals surface area contributed by atoms with E-state index in [1.807, 2.05) is 0 Å². The summed E-state index contributed by atoms with van der Waals surface area (Å²) in [4.78, 5) is 11.9. The van der Waals surface area contributed by atoms with E-state index in [9.17, 15) is 23.1 Å². The lowest BCUT2D eigenvalue weighted by atomic mass is 9.93. The van der Waals surface area contributed by atoms with E-state index in [1.54, 1.807) is 0 Å². The van der Waals surface area contributed by atoms with Crippen LogP contribution >= 0.6 is 0 Å². The first-order valence-electron chi connectivity index (χ1n) is 7.18. The predicted molar refractivity (Wildman–Crippen MR) is 76.6 cm³/mol. The van der Waals surface area contributed by atoms with Crippen LogP contribution in [0.1, 0.15) is 36.8 Å². The molecule has 1 aromatic rings. The summed E-state index contributed by atoms with van der Waals surface area (Å²) in [5.74, 6) is 0. The Bertz CT molecular complexity index is 625. The summed E-state index contributed by atoms with van der Waals surface area (Å²) in [6, 6.07) is 3.33. The van der Waals surface area contributed by atoms with Gasteiger partial charge in [0.05, 0.1) is 29.3 Å². The summed E-state index contributed by atoms with van der Waals surface area (Å²) >= 11 is 0. The molecule has 0 radical (unpaired) electrons. The Kier molecular flexibility index (Phi) is 5.11. The topological polar surface area (TPSA) is 85.2 Å². The molecule has 8 heteroatoms. The quantitative estimate of drug-likeness (QED) is 0.780. The van der Waals surface area contributed by atoms with Crippen molar-refractivity contribution in [3.8, 4) is 6.07 Å². The Balaban J connectivity index is 2.08. The van der Waals surface area contributed by atoms with Crippen LogP contribution in [0.15, 0.2) is 18.2 Å². The summed E-state index contributed by atoms with van der Waals surface area (Å²) in [7, 11) is 0. The van der Waals surface area contributed by atoms with Gasteiger partial charge in [0.2, 0.25) is 0 Å². The van der Waals surface area contributed by atoms with E-state index in [0.717, 1.165) is 25.0 Å². The van der Waals surface area contributed by atoms with Gasteiger partial charge in [-0.15, -0.1) is 0 Å². The summed E-state index contributed by atoms with van der Waals surface area (Å²) in [6.07, 6.45) is -2.38. The molecule has 1 aliphatic carbocycles. The van der Waals surface area contributed by atoms with Gasteiger partial charge < -0.3 is 15.7 Å². The fraction of sp³-hybridized carbons (Fsp3) is 0.467. The minimum atomic E-state index is -4.68. The molecular weight excluding hydrogens is 311 g/mol. The number of urea groups is 1. The fourth-order valence-corrected chi connectivity index (χ4v) is 2.57. The Morgan fingerprint density at radius 1 is 1.30 bits per heavy atom. The van der Waals surface area contributed by atoms with Crippen LogP contribution in [-0.4, -0.2) is 23.3 Å². The van der Waals surface area contributed by atoms with E-state index < -0.39 is 35.5 Å². The number of alkyl halides is 3. The number of hydrogen-bond acceptors (Lipinski definition) is 3. The Morgan fingerprint density at radius 2 is 2.00 bits per heavy atom. The Labute approximate surface area is 131 Å². The number of halogens is 3. The molecule has 5 nitrogen and oxygen atoms in total. The minimum absolute atomic E-state index is 0.0703. The maximum absolute atomic E-state index is 12.9. The number of nitrogens with zero attached hydrogens (tertiary/aromatic N) is 1. The molecule has 0 saturated heterocycles. The largest absolute Gasteiger partial charge is 0.417 e. The normalized spacial score (nSPS) is 21.3. The molecule has 0 heterocycles. The smallest absolute Gasteiger partial charge is 0.391 e. The highest BCUT2D eigenvalue weighted by Crippen LogP contribution is 2.33. The number of anilines is 1. The highest BCUT2D eigenvalue weighted by atomic mass is 19.4. The number of nitrogens with one attached hydrogen (secondary N) is 2. The van der Waals surface area contributed by atoms with Gasteiger partial charge in [0, 0.05) is 5.69 Å². The van der Waals surface area contributed by atoms with Crippen molar-refractivity contribution in [3.05, 3.63) is 29.3 Å². The van der Waals surface area contributed by atoms with E-state index in [0.29, 0.717) is 12.8 Å². The van der Waals surface area contributed by atoms with Crippen molar-refractivity contribution in [2.45, 2.75) is 44.0 Å². The van der Waals surface area contributed by atoms with Crippen LogP contribution in [0.25, 0.3) is 0 Å². The van der Waals surface area contributed by atoms with Gasteiger partial charge in [-0.25, -0.2) is 4.79 Å². The van der Waals surface area contributed by atoms with Crippen LogP contribution in [0.2, 0.25) is 0 Å². The van der Waals surface area contributed by atoms with Crippen molar-refractivity contribution < 1.29 is 23.1 Å². The molecular formula is C15H16F3N3O2. The maximum atomic E-state index is 12.9. The van der Waals surface area contributed by atoms with Gasteiger partial charge in [-0.1, -0.05) is 12.8 Å². The van der Waals surface area contributed by atoms with Crippen molar-refractivity contribution in [1.82, 2.24) is 5.32 Å². The van der Waals surface area contributed by atoms with Crippen molar-refractivity contribution in [2.24, 2.45) is 0 Å². The molecule has 0 aliphatic heterocycles. The lowest BCUT2D eigenvalue weighted by Crippen LogP contribution is -2.46. The second kappa shape index (κ2) is 6.87. The number of carbonyl (C=O) groups excluding carboxylic acids is 1. The van der Waals surface area contributed by atoms with Crippen LogP contribution in [0.3, 0.4) is 0 Å². The zero-order chi connectivity index (χ0) is 17.0. The standard InChI is InChI=1S/C15H16F3N3O2/c16-15(17,18)11-7-10(6-5-9(11)8-19)20-14(23)21-12-3-1-2-4-13(12)22/h5-7,12-13,22H,1-4H2,(H2,20,21,23). The molecule has 1 aromatic carbocycles. The first-order valence-corrected chi connectivity index (χ1v) is 7.18. The van der Waals surface area contributed by atoms with Crippen LogP contribution in [0, 0.1) is 11.3 Å². The third kappa shape index (κ3) is 4.36. The number of nitriles is 1. The number of aliphatic hydroxyl groups excluding tert-OH is 1. The molecule has 1 aliphatic rings. The van der Waals surface area contributed by atoms with Gasteiger partial charge >= 0.3 is 12.2 Å². The zero-order valence-corrected chi connectivity index (χ0v) is 12.2. The molecule has 1 fully saturated rings. The number of carbonyl (C=O) groups is 1. The molecule has 3 N–H and O–H groups in total. The highest BCUT2D eigenvalue weighted by molar-refractivity contribution is 5.89. The van der Waals surface area contributed by atoms with Crippen molar-refractivity contribution in [1.29, 1.82) is 5.26 Å². The van der Waals surface area contributed by atoms with Gasteiger partial charge in [0.25, 0.3) is 0 Å². The second-order valence-electron chi connectivity index (χ2n) is 5.43. The molecule has 0 spiro atoms. The van der Waals surface area contributed by atoms with Crippen LogP contribution in [0.4, 0.5) is 23.7 Å². The molecule has 2 amide bonds. The van der Waals surface area contributed by atoms with Crippen molar-refractivity contribution >= 4 is 11.7 Å². The molecule has 0 bridgehead atoms. The number of hydrogen-bond donors (Lipinski definition) is 3. The number of benzene rings is 1. The summed E-state index contributed by atoms with van der Waals surface area (Å²) in [5.41, 5.74) is -1.68. The van der Waals surface area contributed by atoms with Gasteiger partial charge in [-0.2, -0.15) is 18.4 Å². The number of rotatable bonds is 2. The second-order valence-corrected chi connectivity index (χ2v) is 5.43. The third-order valence-corrected chi connectivity index (χ3v) is 3.75. The van der Waals surface area contributed by atoms with E-state index in [4.69, 9.17) is 5.26 Å². The van der Waals surface area contributed by atoms with Gasteiger partial charge in [-0.05, 0) is 31.0 Å². The summed E-state index contributed by atoms with van der Waals surface area (Å²) < 4.78 is 38.6. The maximum Gasteiger partial charge on any atom is 0.417 e. The zero-order valence-electron chi connectivity index (χ0n) is 12.2. The van der Waals surface area contributed by atoms with E-state index >= 15 is 0 Å². The number of amides is 2. The summed E-state index contributed by atoms with van der Waals surface area (Å²) in [6.45, 7) is 0. The Hall–Kier alpha value is -2.27. The molecule has 2 unspecified atom stereocenters. The highest BCUT2D eigenvalue weighted by Gasteiger charge is 2.34. The molecule has 124 valence electrons. The molecule has 0 aromatic heterocycles. The first kappa shape index (κ1) is 17.1. The van der Waals surface area contributed by atoms with Crippen LogP contribution in [-0.2, 0) is 6.18 Å². The molecule has 1 saturated carbocycles. The number of aliphatic hydroxyl groups is 1. The Morgan fingerprint density at radius 3 is 2.61 bits per heavy atom. The van der Waals surface area contributed by atoms with E-state index in [-0.39, 0.29) is 5.69 Å². The van der Waals surface area contributed by atoms with Gasteiger partial charge in [0.15, 0.2) is 0 Å². The van der Waals surface area contributed by atoms with Crippen LogP contribution in [0.5, 0.6) is 0 Å². The van der Waals surface area contributed by atoms with Gasteiger partial charge in [-0.3, -0.25) is 0 Å². The lowest BCUT2D eigenvalue weighted by molar-refractivity contribution is -0.137. The summed E-state index contributed by atoms with van der Waals surface area (Å²) in [5, 5.41) is 23.4. The van der Waals surface area contributed by atoms with Gasteiger partial charge in [0.1, 0.15) is 0 Å². The van der Waals surface area contributed by atoms with Crippen LogP contribution < -0.4 is 10.6 Å². The predicted octanol–water partition coefficient (Wildman–Crippen LogP) is 3.00. The SMILES string of the molecule is N#Cc1ccc(NC(=O)NC2CCCCC2O)cc1C(F)(F)F. The monoisotopic (exact) mass is 327 g/mol. The third-order valence-electron chi connectivity index (χ3n) is 3.75. The van der Waals surface area contributed by atoms with E-state index in [1.165, 1.54) is 12.1 Å². The molecule has 2 atom stereocenters.